The molecule has 0 spiro atoms. The van der Waals surface area contributed by atoms with Gasteiger partial charge in [0.15, 0.2) is 5.56 Å². The van der Waals surface area contributed by atoms with Crippen molar-refractivity contribution in [3.63, 3.8) is 0 Å². The van der Waals surface area contributed by atoms with Gasteiger partial charge in [-0.05, 0) is 43.0 Å². The van der Waals surface area contributed by atoms with E-state index >= 15 is 0 Å². The molecule has 3 heterocycles. The van der Waals surface area contributed by atoms with Gasteiger partial charge in [-0.25, -0.2) is 4.39 Å². The first-order valence-electron chi connectivity index (χ1n) is 12.7. The maximum absolute atomic E-state index is 14.5. The molecule has 1 aromatic carbocycles. The molecule has 10 heteroatoms. The van der Waals surface area contributed by atoms with E-state index in [2.05, 4.69) is 16.0 Å². The van der Waals surface area contributed by atoms with Gasteiger partial charge < -0.3 is 10.0 Å². The molecule has 0 aliphatic carbocycles. The number of nitrogens with zero attached hydrogens (tertiary/aromatic N) is 5. The van der Waals surface area contributed by atoms with E-state index in [0.717, 1.165) is 18.4 Å². The van der Waals surface area contributed by atoms with Gasteiger partial charge in [0.25, 0.3) is 11.5 Å². The van der Waals surface area contributed by atoms with Crippen LogP contribution in [0.4, 0.5) is 4.39 Å². The molecule has 1 saturated heterocycles. The summed E-state index contributed by atoms with van der Waals surface area (Å²) in [5.41, 5.74) is 0.358. The summed E-state index contributed by atoms with van der Waals surface area (Å²) in [5.74, 6) is -1.80. The largest absolute Gasteiger partial charge is 0.493 e. The number of carbonyl (C=O) groups is 1. The van der Waals surface area contributed by atoms with Crippen LogP contribution in [0.3, 0.4) is 0 Å². The minimum atomic E-state index is -0.659. The van der Waals surface area contributed by atoms with Gasteiger partial charge in [0.05, 0.1) is 28.4 Å². The predicted octanol–water partition coefficient (Wildman–Crippen LogP) is 4.98. The highest BCUT2D eigenvalue weighted by Gasteiger charge is 2.34. The van der Waals surface area contributed by atoms with Crippen molar-refractivity contribution in [1.29, 1.82) is 5.26 Å². The number of aryl methyl sites for hydroxylation is 1. The number of hydrogen-bond acceptors (Lipinski definition) is 6. The normalized spacial score (nSPS) is 15.9. The van der Waals surface area contributed by atoms with Crippen LogP contribution in [-0.2, 0) is 6.42 Å². The Morgan fingerprint density at radius 3 is 2.82 bits per heavy atom. The third-order valence-electron chi connectivity index (χ3n) is 6.93. The first-order chi connectivity index (χ1) is 18.3. The number of pyridine rings is 1. The van der Waals surface area contributed by atoms with Crippen molar-refractivity contribution in [3.8, 4) is 11.9 Å². The first-order valence-corrected chi connectivity index (χ1v) is 13.1. The number of halogens is 2. The molecule has 1 amide bonds. The van der Waals surface area contributed by atoms with Gasteiger partial charge in [-0.2, -0.15) is 10.2 Å². The smallest absolute Gasteiger partial charge is 0.270 e. The van der Waals surface area contributed by atoms with E-state index in [1.807, 2.05) is 19.9 Å². The van der Waals surface area contributed by atoms with Crippen molar-refractivity contribution >= 4 is 17.5 Å². The van der Waals surface area contributed by atoms with Crippen LogP contribution in [0, 0.1) is 17.1 Å². The molecule has 0 radical (unpaired) electrons. The number of amides is 1. The minimum absolute atomic E-state index is 0.141. The Morgan fingerprint density at radius 1 is 1.34 bits per heavy atom. The van der Waals surface area contributed by atoms with E-state index in [9.17, 15) is 24.3 Å². The lowest BCUT2D eigenvalue weighted by Crippen LogP contribution is -2.38. The van der Waals surface area contributed by atoms with Crippen molar-refractivity contribution < 1.29 is 14.3 Å². The minimum Gasteiger partial charge on any atom is -0.493 e. The van der Waals surface area contributed by atoms with Crippen LogP contribution < -0.4 is 5.56 Å². The number of rotatable bonds is 8. The fourth-order valence-electron chi connectivity index (χ4n) is 5.02. The molecule has 2 aromatic heterocycles. The number of benzene rings is 1. The average molecular weight is 538 g/mol. The Morgan fingerprint density at radius 2 is 2.13 bits per heavy atom. The number of carbonyl (C=O) groups excluding carboxylic acids is 1. The van der Waals surface area contributed by atoms with Gasteiger partial charge in [0.2, 0.25) is 5.88 Å². The van der Waals surface area contributed by atoms with E-state index in [-0.39, 0.29) is 29.7 Å². The Bertz CT molecular complexity index is 1450. The fourth-order valence-corrected chi connectivity index (χ4v) is 5.16. The average Bonchev–Trinajstić information content (AvgIpc) is 3.39. The first kappa shape index (κ1) is 27.3. The van der Waals surface area contributed by atoms with Crippen molar-refractivity contribution in [2.24, 2.45) is 0 Å². The second kappa shape index (κ2) is 11.7. The Hall–Kier alpha value is -3.77. The van der Waals surface area contributed by atoms with Gasteiger partial charge in [-0.15, -0.1) is 0 Å². The quantitative estimate of drug-likeness (QED) is 0.433. The molecule has 0 bridgehead atoms. The Labute approximate surface area is 225 Å². The third-order valence-corrected chi connectivity index (χ3v) is 7.14. The van der Waals surface area contributed by atoms with Crippen molar-refractivity contribution in [2.45, 2.75) is 57.9 Å². The SMILES string of the molecule is CCCCc1nc(O)c(C(=O)N2CCC(c3ncc(Cl)cc3F)C2)c(=O)n1[C@@H](CC)c1cccc(C#N)c1. The lowest BCUT2D eigenvalue weighted by molar-refractivity contribution is 0.0783. The van der Waals surface area contributed by atoms with Gasteiger partial charge in [0.1, 0.15) is 11.6 Å². The summed E-state index contributed by atoms with van der Waals surface area (Å²) in [5, 5.41) is 20.3. The summed E-state index contributed by atoms with van der Waals surface area (Å²) >= 11 is 5.82. The molecule has 0 saturated carbocycles. The summed E-state index contributed by atoms with van der Waals surface area (Å²) in [6.45, 7) is 4.33. The zero-order chi connectivity index (χ0) is 27.4. The monoisotopic (exact) mass is 537 g/mol. The molecule has 1 unspecified atom stereocenters. The predicted molar refractivity (Wildman–Crippen MR) is 141 cm³/mol. The highest BCUT2D eigenvalue weighted by atomic mass is 35.5. The Balaban J connectivity index is 1.74. The molecule has 3 aromatic rings. The molecule has 38 heavy (non-hydrogen) atoms. The van der Waals surface area contributed by atoms with Gasteiger partial charge >= 0.3 is 0 Å². The number of unbranched alkanes of at least 4 members (excludes halogenated alkanes) is 1. The van der Waals surface area contributed by atoms with E-state index in [1.165, 1.54) is 21.7 Å². The van der Waals surface area contributed by atoms with Crippen LogP contribution in [0.15, 0.2) is 41.3 Å². The molecular weight excluding hydrogens is 509 g/mol. The lowest BCUT2D eigenvalue weighted by atomic mass is 10.0. The van der Waals surface area contributed by atoms with Crippen molar-refractivity contribution in [2.75, 3.05) is 13.1 Å². The van der Waals surface area contributed by atoms with E-state index < -0.39 is 34.8 Å². The van der Waals surface area contributed by atoms with Crippen LogP contribution in [-0.4, -0.2) is 43.5 Å². The van der Waals surface area contributed by atoms with E-state index in [0.29, 0.717) is 30.7 Å². The third kappa shape index (κ3) is 5.41. The standard InChI is InChI=1S/C28H29ClFN5O3/c1-3-5-9-23-33-26(36)24(28(38)35(23)22(4-2)18-8-6-7-17(12-18)14-31)27(37)34-11-10-19(16-34)25-21(30)13-20(29)15-32-25/h6-8,12-13,15,19,22,36H,3-5,9-11,16H2,1-2H3/t19?,22-/m0/s1. The van der Waals surface area contributed by atoms with Crippen LogP contribution in [0.25, 0.3) is 0 Å². The summed E-state index contributed by atoms with van der Waals surface area (Å²) in [7, 11) is 0. The van der Waals surface area contributed by atoms with Crippen molar-refractivity contribution in [3.05, 3.63) is 85.9 Å². The lowest BCUT2D eigenvalue weighted by Gasteiger charge is -2.24. The van der Waals surface area contributed by atoms with Gasteiger partial charge in [-0.1, -0.05) is 44.0 Å². The molecule has 1 N–H and O–H groups in total. The number of hydrogen-bond donors (Lipinski definition) is 1. The van der Waals surface area contributed by atoms with Crippen LogP contribution in [0.5, 0.6) is 5.88 Å². The van der Waals surface area contributed by atoms with Crippen LogP contribution in [0.2, 0.25) is 5.02 Å². The summed E-state index contributed by atoms with van der Waals surface area (Å²) < 4.78 is 15.9. The molecule has 1 aliphatic heterocycles. The Kier molecular flexibility index (Phi) is 8.42. The number of likely N-dealkylation sites (tertiary alicyclic amines) is 1. The molecule has 8 nitrogen and oxygen atoms in total. The molecular formula is C28H29ClFN5O3. The highest BCUT2D eigenvalue weighted by molar-refractivity contribution is 6.30. The van der Waals surface area contributed by atoms with Crippen molar-refractivity contribution in [1.82, 2.24) is 19.4 Å². The van der Waals surface area contributed by atoms with Crippen LogP contribution in [0.1, 0.15) is 84.5 Å². The van der Waals surface area contributed by atoms with Gasteiger partial charge in [0, 0.05) is 31.6 Å². The molecule has 1 aliphatic rings. The summed E-state index contributed by atoms with van der Waals surface area (Å²) in [6.07, 6.45) is 4.34. The number of aromatic nitrogens is 3. The number of nitriles is 1. The van der Waals surface area contributed by atoms with E-state index in [4.69, 9.17) is 11.6 Å². The zero-order valence-electron chi connectivity index (χ0n) is 21.3. The molecule has 198 valence electrons. The van der Waals surface area contributed by atoms with Crippen LogP contribution >= 0.6 is 11.6 Å². The highest BCUT2D eigenvalue weighted by Crippen LogP contribution is 2.31. The van der Waals surface area contributed by atoms with Gasteiger partial charge in [-0.3, -0.25) is 19.1 Å². The summed E-state index contributed by atoms with van der Waals surface area (Å²) in [4.78, 5) is 37.3. The molecule has 2 atom stereocenters. The topological polar surface area (TPSA) is 112 Å². The second-order valence-corrected chi connectivity index (χ2v) is 9.86. The number of aromatic hydroxyl groups is 1. The molecule has 4 rings (SSSR count). The fraction of sp³-hybridized carbons (Fsp3) is 0.393. The van der Waals surface area contributed by atoms with E-state index in [1.54, 1.807) is 18.2 Å². The maximum Gasteiger partial charge on any atom is 0.270 e. The summed E-state index contributed by atoms with van der Waals surface area (Å²) in [6, 6.07) is 9.80. The maximum atomic E-state index is 14.5. The zero-order valence-corrected chi connectivity index (χ0v) is 22.1. The second-order valence-electron chi connectivity index (χ2n) is 9.42. The molecule has 1 fully saturated rings.